The van der Waals surface area contributed by atoms with Crippen molar-refractivity contribution in [2.75, 3.05) is 40.6 Å². The van der Waals surface area contributed by atoms with Gasteiger partial charge in [-0.15, -0.1) is 0 Å². The number of hydrogen-bond donors (Lipinski definition) is 0. The van der Waals surface area contributed by atoms with Gasteiger partial charge in [0.05, 0.1) is 32.7 Å². The van der Waals surface area contributed by atoms with Gasteiger partial charge >= 0.3 is 0 Å². The monoisotopic (exact) mass is 334 g/mol. The zero-order chi connectivity index (χ0) is 17.2. The van der Waals surface area contributed by atoms with Gasteiger partial charge in [-0.3, -0.25) is 4.79 Å². The Labute approximate surface area is 143 Å². The van der Waals surface area contributed by atoms with Crippen molar-refractivity contribution in [2.45, 2.75) is 25.7 Å². The minimum Gasteiger partial charge on any atom is -0.496 e. The highest BCUT2D eigenvalue weighted by Gasteiger charge is 2.21. The minimum absolute atomic E-state index is 0.478. The second-order valence-electron chi connectivity index (χ2n) is 5.60. The molecule has 0 spiro atoms. The standard InChI is InChI=1S/C19H26O5/c1-21-9-10-23-11-12-24-16-7-8-17(15(13-16)14-20)18-5-3-4-6-19(18)22-2/h4,6,13-14H,3,5,7-12H2,1-2H3. The highest BCUT2D eigenvalue weighted by molar-refractivity contribution is 5.81. The summed E-state index contributed by atoms with van der Waals surface area (Å²) < 4.78 is 21.5. The summed E-state index contributed by atoms with van der Waals surface area (Å²) in [5.74, 6) is 1.70. The Morgan fingerprint density at radius 2 is 1.88 bits per heavy atom. The molecule has 0 aromatic carbocycles. The molecular formula is C19H26O5. The van der Waals surface area contributed by atoms with E-state index in [0.29, 0.717) is 32.0 Å². The summed E-state index contributed by atoms with van der Waals surface area (Å²) in [7, 11) is 3.31. The Morgan fingerprint density at radius 3 is 2.62 bits per heavy atom. The smallest absolute Gasteiger partial charge is 0.150 e. The van der Waals surface area contributed by atoms with E-state index in [1.807, 2.05) is 12.2 Å². The Morgan fingerprint density at radius 1 is 1.04 bits per heavy atom. The zero-order valence-electron chi connectivity index (χ0n) is 14.5. The lowest BCUT2D eigenvalue weighted by atomic mass is 9.86. The van der Waals surface area contributed by atoms with E-state index in [0.717, 1.165) is 54.6 Å². The van der Waals surface area contributed by atoms with E-state index < -0.39 is 0 Å². The quantitative estimate of drug-likeness (QED) is 0.454. The average Bonchev–Trinajstić information content (AvgIpc) is 2.64. The number of carbonyl (C=O) groups excluding carboxylic acids is 1. The van der Waals surface area contributed by atoms with Crippen LogP contribution in [0.1, 0.15) is 25.7 Å². The van der Waals surface area contributed by atoms with Gasteiger partial charge in [0, 0.05) is 19.1 Å². The van der Waals surface area contributed by atoms with E-state index in [2.05, 4.69) is 6.08 Å². The Kier molecular flexibility index (Phi) is 7.79. The predicted octanol–water partition coefficient (Wildman–Crippen LogP) is 3.09. The molecule has 0 unspecified atom stereocenters. The fourth-order valence-corrected chi connectivity index (χ4v) is 2.88. The number of carbonyl (C=O) groups is 1. The Hall–Kier alpha value is -1.85. The normalized spacial score (nSPS) is 17.8. The van der Waals surface area contributed by atoms with Crippen LogP contribution in [0.2, 0.25) is 0 Å². The van der Waals surface area contributed by atoms with Crippen LogP contribution in [0.4, 0.5) is 0 Å². The molecule has 0 radical (unpaired) electrons. The first-order chi connectivity index (χ1) is 11.8. The predicted molar refractivity (Wildman–Crippen MR) is 91.5 cm³/mol. The van der Waals surface area contributed by atoms with Gasteiger partial charge in [0.15, 0.2) is 0 Å². The van der Waals surface area contributed by atoms with Crippen LogP contribution in [0.3, 0.4) is 0 Å². The maximum atomic E-state index is 11.5. The molecule has 2 rings (SSSR count). The molecule has 132 valence electrons. The molecule has 24 heavy (non-hydrogen) atoms. The van der Waals surface area contributed by atoms with Crippen molar-refractivity contribution in [3.8, 4) is 0 Å². The van der Waals surface area contributed by atoms with E-state index in [4.69, 9.17) is 18.9 Å². The third kappa shape index (κ3) is 5.08. The van der Waals surface area contributed by atoms with Crippen molar-refractivity contribution < 1.29 is 23.7 Å². The Balaban J connectivity index is 2.00. The number of allylic oxidation sites excluding steroid dienone is 7. The summed E-state index contributed by atoms with van der Waals surface area (Å²) in [6.07, 6.45) is 10.3. The molecular weight excluding hydrogens is 308 g/mol. The third-order valence-corrected chi connectivity index (χ3v) is 4.07. The van der Waals surface area contributed by atoms with Gasteiger partial charge in [0.1, 0.15) is 18.7 Å². The minimum atomic E-state index is 0.478. The van der Waals surface area contributed by atoms with Crippen molar-refractivity contribution in [1.82, 2.24) is 0 Å². The number of aldehydes is 1. The van der Waals surface area contributed by atoms with Crippen LogP contribution in [-0.2, 0) is 23.7 Å². The van der Waals surface area contributed by atoms with Crippen LogP contribution in [0.15, 0.2) is 46.5 Å². The third-order valence-electron chi connectivity index (χ3n) is 4.07. The summed E-state index contributed by atoms with van der Waals surface area (Å²) in [6, 6.07) is 0. The van der Waals surface area contributed by atoms with Crippen LogP contribution < -0.4 is 0 Å². The summed E-state index contributed by atoms with van der Waals surface area (Å²) in [5.41, 5.74) is 2.91. The molecule has 5 heteroatoms. The first-order valence-corrected chi connectivity index (χ1v) is 8.32. The van der Waals surface area contributed by atoms with Crippen LogP contribution in [0.5, 0.6) is 0 Å². The lowest BCUT2D eigenvalue weighted by molar-refractivity contribution is -0.104. The van der Waals surface area contributed by atoms with Gasteiger partial charge in [-0.25, -0.2) is 0 Å². The number of methoxy groups -OCH3 is 2. The summed E-state index contributed by atoms with van der Waals surface area (Å²) >= 11 is 0. The number of ether oxygens (including phenoxy) is 4. The summed E-state index contributed by atoms with van der Waals surface area (Å²) in [4.78, 5) is 11.5. The molecule has 0 atom stereocenters. The first-order valence-electron chi connectivity index (χ1n) is 8.32. The molecule has 0 aliphatic heterocycles. The van der Waals surface area contributed by atoms with E-state index in [1.54, 1.807) is 14.2 Å². The zero-order valence-corrected chi connectivity index (χ0v) is 14.5. The molecule has 0 N–H and O–H groups in total. The van der Waals surface area contributed by atoms with Crippen LogP contribution in [0.25, 0.3) is 0 Å². The van der Waals surface area contributed by atoms with Crippen molar-refractivity contribution in [3.05, 3.63) is 46.5 Å². The van der Waals surface area contributed by atoms with E-state index >= 15 is 0 Å². The van der Waals surface area contributed by atoms with Crippen molar-refractivity contribution in [2.24, 2.45) is 0 Å². The van der Waals surface area contributed by atoms with Gasteiger partial charge in [-0.05, 0) is 42.6 Å². The highest BCUT2D eigenvalue weighted by Crippen LogP contribution is 2.35. The van der Waals surface area contributed by atoms with Crippen LogP contribution >= 0.6 is 0 Å². The van der Waals surface area contributed by atoms with Crippen molar-refractivity contribution in [1.29, 1.82) is 0 Å². The topological polar surface area (TPSA) is 54.0 Å². The van der Waals surface area contributed by atoms with E-state index in [-0.39, 0.29) is 0 Å². The molecule has 0 bridgehead atoms. The molecule has 0 aromatic rings. The first kappa shape index (κ1) is 18.5. The molecule has 2 aliphatic carbocycles. The Bertz CT molecular complexity index is 554. The second kappa shape index (κ2) is 10.1. The summed E-state index contributed by atoms with van der Waals surface area (Å²) in [6.45, 7) is 2.13. The molecule has 0 saturated heterocycles. The van der Waals surface area contributed by atoms with Crippen molar-refractivity contribution >= 4 is 6.29 Å². The molecule has 2 aliphatic rings. The van der Waals surface area contributed by atoms with Gasteiger partial charge in [-0.2, -0.15) is 0 Å². The SMILES string of the molecule is COCCOCCOC1=CC(C=O)=C(C2=C(OC)C=CCC2)CC1. The lowest BCUT2D eigenvalue weighted by Crippen LogP contribution is -2.11. The molecule has 0 saturated carbocycles. The van der Waals surface area contributed by atoms with Crippen molar-refractivity contribution in [3.63, 3.8) is 0 Å². The van der Waals surface area contributed by atoms with Gasteiger partial charge in [0.25, 0.3) is 0 Å². The molecule has 0 aromatic heterocycles. The second-order valence-corrected chi connectivity index (χ2v) is 5.60. The average molecular weight is 334 g/mol. The maximum Gasteiger partial charge on any atom is 0.150 e. The molecule has 0 fully saturated rings. The summed E-state index contributed by atoms with van der Waals surface area (Å²) in [5, 5.41) is 0. The maximum absolute atomic E-state index is 11.5. The fourth-order valence-electron chi connectivity index (χ4n) is 2.88. The van der Waals surface area contributed by atoms with E-state index in [1.165, 1.54) is 0 Å². The van der Waals surface area contributed by atoms with Gasteiger partial charge in [-0.1, -0.05) is 6.08 Å². The number of hydrogen-bond acceptors (Lipinski definition) is 5. The van der Waals surface area contributed by atoms with Crippen LogP contribution in [0, 0.1) is 0 Å². The van der Waals surface area contributed by atoms with E-state index in [9.17, 15) is 4.79 Å². The molecule has 5 nitrogen and oxygen atoms in total. The lowest BCUT2D eigenvalue weighted by Gasteiger charge is -2.23. The van der Waals surface area contributed by atoms with Gasteiger partial charge < -0.3 is 18.9 Å². The largest absolute Gasteiger partial charge is 0.496 e. The van der Waals surface area contributed by atoms with Crippen LogP contribution in [-0.4, -0.2) is 46.9 Å². The molecule has 0 amide bonds. The molecule has 0 heterocycles. The van der Waals surface area contributed by atoms with Gasteiger partial charge in [0.2, 0.25) is 0 Å². The fraction of sp³-hybridized carbons (Fsp3) is 0.526. The number of rotatable bonds is 10. The highest BCUT2D eigenvalue weighted by atomic mass is 16.5.